The zero-order chi connectivity index (χ0) is 26.8. The average molecular weight is 492 g/mol. The number of rotatable bonds is 12. The molecule has 3 N–H and O–H groups in total. The van der Waals surface area contributed by atoms with Gasteiger partial charge in [0.1, 0.15) is 23.4 Å². The van der Waals surface area contributed by atoms with Crippen LogP contribution >= 0.6 is 0 Å². The lowest BCUT2D eigenvalue weighted by atomic mass is 9.96. The lowest BCUT2D eigenvalue weighted by molar-refractivity contribution is -0.143. The van der Waals surface area contributed by atoms with E-state index in [-0.39, 0.29) is 17.6 Å². The Kier molecular flexibility index (Phi) is 12.1. The number of ether oxygens (including phenoxy) is 1. The van der Waals surface area contributed by atoms with Gasteiger partial charge < -0.3 is 25.4 Å². The number of unbranched alkanes of at least 4 members (excludes halogenated alkanes) is 2. The standard InChI is InChI=1S/C27H45N3O5/c1-9-11-16-28-24(32)22(20-15-13-14-19(5)23(20)31)30(17-12-10-2)25(33)21(18(3)4)29-26(34)35-27(6,7)8/h13-15,18,21-22,31H,9-12,16-17H2,1-8H3,(H,28,32)(H,29,34). The van der Waals surface area contributed by atoms with Gasteiger partial charge in [-0.1, -0.05) is 58.7 Å². The van der Waals surface area contributed by atoms with Gasteiger partial charge in [0, 0.05) is 18.7 Å². The lowest BCUT2D eigenvalue weighted by Crippen LogP contribution is -2.55. The van der Waals surface area contributed by atoms with Gasteiger partial charge in [0.05, 0.1) is 0 Å². The van der Waals surface area contributed by atoms with Crippen molar-refractivity contribution < 1.29 is 24.2 Å². The Morgan fingerprint density at radius 1 is 1.09 bits per heavy atom. The van der Waals surface area contributed by atoms with Crippen molar-refractivity contribution in [1.29, 1.82) is 0 Å². The molecule has 0 spiro atoms. The summed E-state index contributed by atoms with van der Waals surface area (Å²) in [4.78, 5) is 41.4. The van der Waals surface area contributed by atoms with Crippen molar-refractivity contribution in [3.63, 3.8) is 0 Å². The van der Waals surface area contributed by atoms with E-state index < -0.39 is 29.7 Å². The number of carbonyl (C=O) groups is 3. The van der Waals surface area contributed by atoms with Crippen LogP contribution in [0.15, 0.2) is 18.2 Å². The maximum Gasteiger partial charge on any atom is 0.408 e. The van der Waals surface area contributed by atoms with Gasteiger partial charge in [-0.2, -0.15) is 0 Å². The number of nitrogens with one attached hydrogen (secondary N) is 2. The van der Waals surface area contributed by atoms with Gasteiger partial charge in [-0.3, -0.25) is 9.59 Å². The van der Waals surface area contributed by atoms with Gasteiger partial charge in [-0.05, 0) is 52.0 Å². The number of hydrogen-bond donors (Lipinski definition) is 3. The number of nitrogens with zero attached hydrogens (tertiary/aromatic N) is 1. The molecular formula is C27H45N3O5. The van der Waals surface area contributed by atoms with E-state index in [1.807, 2.05) is 27.7 Å². The summed E-state index contributed by atoms with van der Waals surface area (Å²) in [5.74, 6) is -1.02. The molecule has 0 aromatic heterocycles. The van der Waals surface area contributed by atoms with E-state index in [0.717, 1.165) is 19.3 Å². The second-order valence-electron chi connectivity index (χ2n) is 10.3. The highest BCUT2D eigenvalue weighted by atomic mass is 16.6. The number of carbonyl (C=O) groups excluding carboxylic acids is 3. The summed E-state index contributed by atoms with van der Waals surface area (Å²) in [5, 5.41) is 16.5. The van der Waals surface area contributed by atoms with Gasteiger partial charge in [0.25, 0.3) is 0 Å². The Bertz CT molecular complexity index is 848. The highest BCUT2D eigenvalue weighted by Gasteiger charge is 2.38. The van der Waals surface area contributed by atoms with Gasteiger partial charge in [-0.25, -0.2) is 4.79 Å². The number of amides is 3. The third-order valence-corrected chi connectivity index (χ3v) is 5.59. The first-order chi connectivity index (χ1) is 16.3. The van der Waals surface area contributed by atoms with Gasteiger partial charge >= 0.3 is 6.09 Å². The molecule has 35 heavy (non-hydrogen) atoms. The van der Waals surface area contributed by atoms with Crippen molar-refractivity contribution in [2.24, 2.45) is 5.92 Å². The average Bonchev–Trinajstić information content (AvgIpc) is 2.75. The number of aromatic hydroxyl groups is 1. The first-order valence-corrected chi connectivity index (χ1v) is 12.7. The molecule has 0 aliphatic carbocycles. The van der Waals surface area contributed by atoms with E-state index in [0.29, 0.717) is 30.6 Å². The predicted octanol–water partition coefficient (Wildman–Crippen LogP) is 4.84. The van der Waals surface area contributed by atoms with Crippen molar-refractivity contribution in [1.82, 2.24) is 15.5 Å². The minimum absolute atomic E-state index is 0.0151. The van der Waals surface area contributed by atoms with E-state index in [9.17, 15) is 19.5 Å². The molecule has 2 unspecified atom stereocenters. The van der Waals surface area contributed by atoms with Crippen LogP contribution in [0.2, 0.25) is 0 Å². The summed E-state index contributed by atoms with van der Waals surface area (Å²) in [6.45, 7) is 15.5. The highest BCUT2D eigenvalue weighted by molar-refractivity contribution is 5.92. The second kappa shape index (κ2) is 14.0. The molecule has 0 radical (unpaired) electrons. The summed E-state index contributed by atoms with van der Waals surface area (Å²) in [6.07, 6.45) is 2.49. The second-order valence-corrected chi connectivity index (χ2v) is 10.3. The number of hydrogen-bond acceptors (Lipinski definition) is 5. The molecule has 8 nitrogen and oxygen atoms in total. The number of benzene rings is 1. The molecule has 0 aliphatic heterocycles. The molecule has 2 atom stereocenters. The van der Waals surface area contributed by atoms with Crippen LogP contribution in [-0.2, 0) is 14.3 Å². The Morgan fingerprint density at radius 3 is 2.26 bits per heavy atom. The van der Waals surface area contributed by atoms with Crippen LogP contribution in [0.1, 0.15) is 91.3 Å². The fraction of sp³-hybridized carbons (Fsp3) is 0.667. The molecule has 0 fully saturated rings. The first kappa shape index (κ1) is 30.3. The highest BCUT2D eigenvalue weighted by Crippen LogP contribution is 2.33. The first-order valence-electron chi connectivity index (χ1n) is 12.7. The molecule has 0 heterocycles. The third-order valence-electron chi connectivity index (χ3n) is 5.59. The fourth-order valence-corrected chi connectivity index (χ4v) is 3.66. The van der Waals surface area contributed by atoms with Crippen molar-refractivity contribution in [3.05, 3.63) is 29.3 Å². The molecule has 8 heteroatoms. The van der Waals surface area contributed by atoms with Crippen LogP contribution in [-0.4, -0.2) is 52.6 Å². The Balaban J connectivity index is 3.48. The smallest absolute Gasteiger partial charge is 0.408 e. The van der Waals surface area contributed by atoms with Gasteiger partial charge in [0.2, 0.25) is 11.8 Å². The maximum absolute atomic E-state index is 13.9. The summed E-state index contributed by atoms with van der Waals surface area (Å²) in [7, 11) is 0. The number of phenols is 1. The normalized spacial score (nSPS) is 13.2. The topological polar surface area (TPSA) is 108 Å². The molecule has 1 aromatic carbocycles. The zero-order valence-electron chi connectivity index (χ0n) is 22.7. The molecule has 0 aliphatic rings. The van der Waals surface area contributed by atoms with Crippen LogP contribution in [0.3, 0.4) is 0 Å². The number of phenolic OH excluding ortho intramolecular Hbond substituents is 1. The largest absolute Gasteiger partial charge is 0.507 e. The van der Waals surface area contributed by atoms with E-state index >= 15 is 0 Å². The number of alkyl carbamates (subject to hydrolysis) is 1. The molecule has 1 rings (SSSR count). The number of para-hydroxylation sites is 1. The van der Waals surface area contributed by atoms with Gasteiger partial charge in [-0.15, -0.1) is 0 Å². The van der Waals surface area contributed by atoms with Gasteiger partial charge in [0.15, 0.2) is 0 Å². The molecule has 3 amide bonds. The molecule has 198 valence electrons. The lowest BCUT2D eigenvalue weighted by Gasteiger charge is -2.36. The molecule has 0 saturated carbocycles. The molecule has 1 aromatic rings. The minimum Gasteiger partial charge on any atom is -0.507 e. The van der Waals surface area contributed by atoms with Crippen molar-refractivity contribution >= 4 is 17.9 Å². The van der Waals surface area contributed by atoms with Crippen LogP contribution in [0, 0.1) is 12.8 Å². The van der Waals surface area contributed by atoms with E-state index in [2.05, 4.69) is 10.6 Å². The Morgan fingerprint density at radius 2 is 1.71 bits per heavy atom. The van der Waals surface area contributed by atoms with Crippen molar-refractivity contribution in [3.8, 4) is 5.75 Å². The maximum atomic E-state index is 13.9. The monoisotopic (exact) mass is 491 g/mol. The summed E-state index contributed by atoms with van der Waals surface area (Å²) in [6, 6.07) is 3.25. The molecule has 0 saturated heterocycles. The quantitative estimate of drug-likeness (QED) is 0.363. The summed E-state index contributed by atoms with van der Waals surface area (Å²) >= 11 is 0. The molecular weight excluding hydrogens is 446 g/mol. The van der Waals surface area contributed by atoms with Crippen LogP contribution in [0.25, 0.3) is 0 Å². The number of aryl methyl sites for hydroxylation is 1. The fourth-order valence-electron chi connectivity index (χ4n) is 3.66. The third kappa shape index (κ3) is 9.42. The summed E-state index contributed by atoms with van der Waals surface area (Å²) in [5.41, 5.74) is 0.262. The molecule has 0 bridgehead atoms. The zero-order valence-corrected chi connectivity index (χ0v) is 22.7. The Labute approximate surface area is 210 Å². The van der Waals surface area contributed by atoms with Crippen molar-refractivity contribution in [2.45, 2.75) is 98.8 Å². The predicted molar refractivity (Wildman–Crippen MR) is 138 cm³/mol. The van der Waals surface area contributed by atoms with E-state index in [1.54, 1.807) is 45.9 Å². The van der Waals surface area contributed by atoms with E-state index in [4.69, 9.17) is 4.74 Å². The minimum atomic E-state index is -1.03. The Hall–Kier alpha value is -2.77. The summed E-state index contributed by atoms with van der Waals surface area (Å²) < 4.78 is 5.38. The SMILES string of the molecule is CCCCNC(=O)C(c1cccc(C)c1O)N(CCCC)C(=O)C(NC(=O)OC(C)(C)C)C(C)C. The van der Waals surface area contributed by atoms with E-state index in [1.165, 1.54) is 4.90 Å². The van der Waals surface area contributed by atoms with Crippen LogP contribution in [0.5, 0.6) is 5.75 Å². The van der Waals surface area contributed by atoms with Crippen LogP contribution in [0.4, 0.5) is 4.79 Å². The van der Waals surface area contributed by atoms with Crippen LogP contribution < -0.4 is 10.6 Å². The van der Waals surface area contributed by atoms with Crippen molar-refractivity contribution in [2.75, 3.05) is 13.1 Å².